The molecule has 3 heteroatoms. The molecule has 0 radical (unpaired) electrons. The predicted molar refractivity (Wildman–Crippen MR) is 92.8 cm³/mol. The van der Waals surface area contributed by atoms with Crippen molar-refractivity contribution in [3.63, 3.8) is 0 Å². The van der Waals surface area contributed by atoms with Crippen molar-refractivity contribution in [1.82, 2.24) is 0 Å². The lowest BCUT2D eigenvalue weighted by molar-refractivity contribution is 0.394. The molecule has 0 saturated carbocycles. The Morgan fingerprint density at radius 2 is 1.70 bits per heavy atom. The van der Waals surface area contributed by atoms with E-state index in [2.05, 4.69) is 38.1 Å². The lowest BCUT2D eigenvalue weighted by atomic mass is 9.94. The first-order valence-electron chi connectivity index (χ1n) is 7.56. The molecule has 0 aliphatic rings. The molecular weight excluding hydrogens is 286 g/mol. The summed E-state index contributed by atoms with van der Waals surface area (Å²) >= 11 is 0. The van der Waals surface area contributed by atoms with E-state index in [4.69, 9.17) is 9.47 Å². The van der Waals surface area contributed by atoms with Crippen molar-refractivity contribution in [2.75, 3.05) is 14.2 Å². The number of hydrogen-bond acceptors (Lipinski definition) is 3. The molecule has 23 heavy (non-hydrogen) atoms. The maximum atomic E-state index is 9.19. The Labute approximate surface area is 137 Å². The van der Waals surface area contributed by atoms with Crippen molar-refractivity contribution in [2.24, 2.45) is 0 Å². The molecule has 2 aromatic carbocycles. The Morgan fingerprint density at radius 1 is 1.04 bits per heavy atom. The van der Waals surface area contributed by atoms with E-state index in [0.29, 0.717) is 11.5 Å². The highest BCUT2D eigenvalue weighted by molar-refractivity contribution is 5.82. The molecule has 0 bridgehead atoms. The van der Waals surface area contributed by atoms with Crippen LogP contribution in [-0.2, 0) is 6.42 Å². The highest BCUT2D eigenvalue weighted by Crippen LogP contribution is 2.31. The zero-order chi connectivity index (χ0) is 16.8. The van der Waals surface area contributed by atoms with E-state index >= 15 is 0 Å². The van der Waals surface area contributed by atoms with Gasteiger partial charge >= 0.3 is 0 Å². The number of aryl methyl sites for hydroxylation is 2. The van der Waals surface area contributed by atoms with Gasteiger partial charge in [0.1, 0.15) is 11.5 Å². The van der Waals surface area contributed by atoms with Crippen molar-refractivity contribution >= 4 is 5.57 Å². The van der Waals surface area contributed by atoms with Crippen molar-refractivity contribution < 1.29 is 9.47 Å². The summed E-state index contributed by atoms with van der Waals surface area (Å²) in [7, 11) is 3.23. The van der Waals surface area contributed by atoms with Crippen molar-refractivity contribution in [1.29, 1.82) is 5.26 Å². The molecule has 0 heterocycles. The minimum atomic E-state index is 0.699. The van der Waals surface area contributed by atoms with Crippen molar-refractivity contribution in [3.8, 4) is 17.6 Å². The molecule has 2 aromatic rings. The van der Waals surface area contributed by atoms with Crippen LogP contribution in [0.15, 0.2) is 42.5 Å². The van der Waals surface area contributed by atoms with Crippen LogP contribution in [0.3, 0.4) is 0 Å². The number of nitriles is 1. The van der Waals surface area contributed by atoms with E-state index in [1.807, 2.05) is 18.2 Å². The Kier molecular flexibility index (Phi) is 5.43. The second kappa shape index (κ2) is 7.51. The molecule has 0 aromatic heterocycles. The first kappa shape index (κ1) is 16.6. The molecule has 2 rings (SSSR count). The quantitative estimate of drug-likeness (QED) is 0.762. The van der Waals surface area contributed by atoms with Crippen LogP contribution < -0.4 is 9.47 Å². The Balaban J connectivity index is 2.58. The summed E-state index contributed by atoms with van der Waals surface area (Å²) in [6, 6.07) is 14.1. The van der Waals surface area contributed by atoms with Crippen LogP contribution in [-0.4, -0.2) is 14.2 Å². The Hall–Kier alpha value is -2.73. The molecule has 0 aliphatic carbocycles. The summed E-state index contributed by atoms with van der Waals surface area (Å²) in [5, 5.41) is 9.19. The lowest BCUT2D eigenvalue weighted by Crippen LogP contribution is -1.95. The van der Waals surface area contributed by atoms with Gasteiger partial charge in [-0.05, 0) is 53.3 Å². The average Bonchev–Trinajstić information content (AvgIpc) is 2.59. The van der Waals surface area contributed by atoms with E-state index < -0.39 is 0 Å². The van der Waals surface area contributed by atoms with Crippen LogP contribution in [0.4, 0.5) is 0 Å². The second-order valence-electron chi connectivity index (χ2n) is 5.28. The van der Waals surface area contributed by atoms with Crippen LogP contribution in [0.25, 0.3) is 5.57 Å². The molecule has 0 unspecified atom stereocenters. The van der Waals surface area contributed by atoms with Gasteiger partial charge in [0.15, 0.2) is 0 Å². The van der Waals surface area contributed by atoms with Crippen LogP contribution in [0.5, 0.6) is 11.5 Å². The lowest BCUT2D eigenvalue weighted by Gasteiger charge is -2.13. The monoisotopic (exact) mass is 307 g/mol. The van der Waals surface area contributed by atoms with Gasteiger partial charge in [-0.15, -0.1) is 0 Å². The van der Waals surface area contributed by atoms with E-state index in [1.54, 1.807) is 20.3 Å². The first-order chi connectivity index (χ1) is 11.1. The molecular formula is C20H21NO2. The van der Waals surface area contributed by atoms with Gasteiger partial charge in [0.2, 0.25) is 0 Å². The number of methoxy groups -OCH3 is 2. The largest absolute Gasteiger partial charge is 0.497 e. The number of hydrogen-bond donors (Lipinski definition) is 0. The van der Waals surface area contributed by atoms with Crippen LogP contribution in [0.1, 0.15) is 29.2 Å². The van der Waals surface area contributed by atoms with Crippen molar-refractivity contribution in [2.45, 2.75) is 20.3 Å². The van der Waals surface area contributed by atoms with Gasteiger partial charge in [0.25, 0.3) is 0 Å². The maximum Gasteiger partial charge on any atom is 0.123 e. The fourth-order valence-electron chi connectivity index (χ4n) is 2.62. The zero-order valence-electron chi connectivity index (χ0n) is 14.0. The summed E-state index contributed by atoms with van der Waals surface area (Å²) in [4.78, 5) is 0. The standard InChI is InChI=1S/C20H21NO2/c1-5-15-6-7-16(10-14(15)2)20(8-9-21)17-11-18(22-3)13-19(12-17)23-4/h6-8,10-13H,5H2,1-4H3/b20-8+. The van der Waals surface area contributed by atoms with Crippen LogP contribution in [0, 0.1) is 18.3 Å². The van der Waals surface area contributed by atoms with Gasteiger partial charge in [0.05, 0.1) is 20.3 Å². The molecule has 0 spiro atoms. The Morgan fingerprint density at radius 3 is 2.17 bits per heavy atom. The number of rotatable bonds is 5. The van der Waals surface area contributed by atoms with Gasteiger partial charge in [-0.2, -0.15) is 5.26 Å². The summed E-state index contributed by atoms with van der Waals surface area (Å²) < 4.78 is 10.7. The van der Waals surface area contributed by atoms with Crippen LogP contribution >= 0.6 is 0 Å². The van der Waals surface area contributed by atoms with Gasteiger partial charge in [-0.25, -0.2) is 0 Å². The Bertz CT molecular complexity index is 747. The van der Waals surface area contributed by atoms with Crippen molar-refractivity contribution in [3.05, 3.63) is 64.7 Å². The third-order valence-electron chi connectivity index (χ3n) is 3.91. The smallest absolute Gasteiger partial charge is 0.123 e. The van der Waals surface area contributed by atoms with Gasteiger partial charge in [0, 0.05) is 12.1 Å². The third kappa shape index (κ3) is 3.73. The number of ether oxygens (including phenoxy) is 2. The molecule has 3 nitrogen and oxygen atoms in total. The van der Waals surface area contributed by atoms with Gasteiger partial charge < -0.3 is 9.47 Å². The number of nitrogens with zero attached hydrogens (tertiary/aromatic N) is 1. The zero-order valence-corrected chi connectivity index (χ0v) is 14.0. The fraction of sp³-hybridized carbons (Fsp3) is 0.250. The van der Waals surface area contributed by atoms with E-state index in [0.717, 1.165) is 23.1 Å². The highest BCUT2D eigenvalue weighted by atomic mass is 16.5. The minimum absolute atomic E-state index is 0.699. The molecule has 0 aliphatic heterocycles. The molecule has 0 fully saturated rings. The number of benzene rings is 2. The maximum absolute atomic E-state index is 9.19. The van der Waals surface area contributed by atoms with Gasteiger partial charge in [-0.1, -0.05) is 25.1 Å². The molecule has 0 N–H and O–H groups in total. The second-order valence-corrected chi connectivity index (χ2v) is 5.28. The summed E-state index contributed by atoms with van der Waals surface area (Å²) in [6.45, 7) is 4.24. The highest BCUT2D eigenvalue weighted by Gasteiger charge is 2.10. The van der Waals surface area contributed by atoms with Gasteiger partial charge in [-0.3, -0.25) is 0 Å². The number of allylic oxidation sites excluding steroid dienone is 1. The average molecular weight is 307 g/mol. The summed E-state index contributed by atoms with van der Waals surface area (Å²) in [5.41, 5.74) is 5.30. The minimum Gasteiger partial charge on any atom is -0.497 e. The van der Waals surface area contributed by atoms with E-state index in [9.17, 15) is 5.26 Å². The molecule has 0 amide bonds. The fourth-order valence-corrected chi connectivity index (χ4v) is 2.62. The topological polar surface area (TPSA) is 42.2 Å². The van der Waals surface area contributed by atoms with E-state index in [1.165, 1.54) is 11.1 Å². The normalized spacial score (nSPS) is 11.0. The summed E-state index contributed by atoms with van der Waals surface area (Å²) in [5.74, 6) is 1.40. The summed E-state index contributed by atoms with van der Waals surface area (Å²) in [6.07, 6.45) is 2.56. The molecule has 118 valence electrons. The molecule has 0 saturated heterocycles. The van der Waals surface area contributed by atoms with E-state index in [-0.39, 0.29) is 0 Å². The third-order valence-corrected chi connectivity index (χ3v) is 3.91. The first-order valence-corrected chi connectivity index (χ1v) is 7.56. The molecule has 0 atom stereocenters. The predicted octanol–water partition coefficient (Wildman–Crippen LogP) is 4.53. The SMILES string of the molecule is CCc1ccc(/C(=C\C#N)c2cc(OC)cc(OC)c2)cc1C. The van der Waals surface area contributed by atoms with Crippen LogP contribution in [0.2, 0.25) is 0 Å².